The molecule has 1 aromatic rings. The van der Waals surface area contributed by atoms with Gasteiger partial charge >= 0.3 is 5.97 Å². The zero-order chi connectivity index (χ0) is 13.1. The lowest BCUT2D eigenvalue weighted by Crippen LogP contribution is -2.12. The Morgan fingerprint density at radius 2 is 2.17 bits per heavy atom. The topological polar surface area (TPSA) is 72.5 Å². The Balaban J connectivity index is 2.29. The van der Waals surface area contributed by atoms with Gasteiger partial charge in [0.15, 0.2) is 0 Å². The molecule has 0 spiro atoms. The van der Waals surface area contributed by atoms with Crippen LogP contribution < -0.4 is 5.32 Å². The second-order valence-electron chi connectivity index (χ2n) is 3.64. The molecule has 0 aliphatic carbocycles. The average molecular weight is 245 g/mol. The van der Waals surface area contributed by atoms with Crippen molar-refractivity contribution in [1.82, 2.24) is 0 Å². The molecule has 1 amide bonds. The first-order valence-electron chi connectivity index (χ1n) is 5.47. The number of esters is 1. The lowest BCUT2D eigenvalue weighted by molar-refractivity contribution is -0.137. The predicted octanol–water partition coefficient (Wildman–Crippen LogP) is 1.40. The maximum atomic E-state index is 11.5. The Hall–Kier alpha value is -2.43. The van der Waals surface area contributed by atoms with E-state index in [2.05, 4.69) is 5.32 Å². The van der Waals surface area contributed by atoms with Crippen molar-refractivity contribution in [3.8, 4) is 0 Å². The van der Waals surface area contributed by atoms with Crippen LogP contribution in [0.25, 0.3) is 6.08 Å². The van der Waals surface area contributed by atoms with E-state index in [1.807, 2.05) is 0 Å². The third-order valence-electron chi connectivity index (χ3n) is 2.47. The number of Topliss-reactive ketones (excluding diaryl/α,β-unsaturated/α-hetero) is 1. The number of amides is 1. The molecule has 2 rings (SSSR count). The molecule has 0 radical (unpaired) electrons. The fourth-order valence-electron chi connectivity index (χ4n) is 1.68. The molecule has 0 aromatic heterocycles. The molecule has 0 unspecified atom stereocenters. The number of hydrogen-bond donors (Lipinski definition) is 1. The first-order chi connectivity index (χ1) is 8.63. The van der Waals surface area contributed by atoms with Crippen LogP contribution in [-0.4, -0.2) is 24.3 Å². The first-order valence-corrected chi connectivity index (χ1v) is 5.47. The summed E-state index contributed by atoms with van der Waals surface area (Å²) in [6, 6.07) is 4.92. The van der Waals surface area contributed by atoms with E-state index in [9.17, 15) is 14.4 Å². The van der Waals surface area contributed by atoms with Crippen molar-refractivity contribution in [2.24, 2.45) is 0 Å². The van der Waals surface area contributed by atoms with Gasteiger partial charge in [0, 0.05) is 6.08 Å². The van der Waals surface area contributed by atoms with Crippen LogP contribution in [0, 0.1) is 0 Å². The molecule has 1 aliphatic rings. The molecule has 1 heterocycles. The van der Waals surface area contributed by atoms with Gasteiger partial charge < -0.3 is 10.1 Å². The minimum absolute atomic E-state index is 0.297. The summed E-state index contributed by atoms with van der Waals surface area (Å²) in [4.78, 5) is 33.9. The third kappa shape index (κ3) is 2.15. The van der Waals surface area contributed by atoms with Crippen LogP contribution in [0.3, 0.4) is 0 Å². The number of ether oxygens (including phenoxy) is 1. The molecular formula is C13H11NO4. The van der Waals surface area contributed by atoms with Crippen LogP contribution in [0.15, 0.2) is 24.3 Å². The summed E-state index contributed by atoms with van der Waals surface area (Å²) in [6.45, 7) is 2.01. The Morgan fingerprint density at radius 1 is 1.39 bits per heavy atom. The fourth-order valence-corrected chi connectivity index (χ4v) is 1.68. The van der Waals surface area contributed by atoms with Gasteiger partial charge in [-0.3, -0.25) is 9.59 Å². The number of anilines is 1. The minimum atomic E-state index is -0.651. The number of carbonyl (C=O) groups excluding carboxylic acids is 3. The molecule has 5 nitrogen and oxygen atoms in total. The Morgan fingerprint density at radius 3 is 2.89 bits per heavy atom. The summed E-state index contributed by atoms with van der Waals surface area (Å²) >= 11 is 0. The molecule has 1 aliphatic heterocycles. The van der Waals surface area contributed by atoms with E-state index in [0.717, 1.165) is 0 Å². The molecule has 18 heavy (non-hydrogen) atoms. The molecule has 0 bridgehead atoms. The van der Waals surface area contributed by atoms with Crippen LogP contribution in [0.1, 0.15) is 22.8 Å². The smallest absolute Gasteiger partial charge is 0.330 e. The summed E-state index contributed by atoms with van der Waals surface area (Å²) in [5, 5.41) is 2.48. The minimum Gasteiger partial charge on any atom is -0.463 e. The third-order valence-corrected chi connectivity index (χ3v) is 2.47. The Kier molecular flexibility index (Phi) is 3.23. The normalized spacial score (nSPS) is 13.6. The molecule has 0 fully saturated rings. The van der Waals surface area contributed by atoms with Crippen molar-refractivity contribution >= 4 is 29.4 Å². The van der Waals surface area contributed by atoms with E-state index < -0.39 is 17.7 Å². The van der Waals surface area contributed by atoms with Gasteiger partial charge in [-0.1, -0.05) is 12.1 Å². The molecular weight excluding hydrogens is 234 g/mol. The van der Waals surface area contributed by atoms with Gasteiger partial charge in [0.1, 0.15) is 0 Å². The molecule has 0 atom stereocenters. The first kappa shape index (κ1) is 12.0. The second-order valence-corrected chi connectivity index (χ2v) is 3.64. The number of hydrogen-bond acceptors (Lipinski definition) is 4. The van der Waals surface area contributed by atoms with Gasteiger partial charge in [-0.25, -0.2) is 4.79 Å². The predicted molar refractivity (Wildman–Crippen MR) is 65.1 cm³/mol. The number of nitrogens with one attached hydrogen (secondary N) is 1. The van der Waals surface area contributed by atoms with Crippen molar-refractivity contribution in [2.45, 2.75) is 6.92 Å². The lowest BCUT2D eigenvalue weighted by Gasteiger charge is -2.02. The van der Waals surface area contributed by atoms with Crippen molar-refractivity contribution in [3.63, 3.8) is 0 Å². The summed E-state index contributed by atoms with van der Waals surface area (Å²) in [5.41, 5.74) is 1.36. The maximum absolute atomic E-state index is 11.5. The highest BCUT2D eigenvalue weighted by atomic mass is 16.5. The standard InChI is InChI=1S/C13H11NO4/c1-2-18-10(15)7-6-8-4-3-5-9-11(8)14-13(17)12(9)16/h3-7H,2H2,1H3,(H,14,16,17). The number of benzene rings is 1. The van der Waals surface area contributed by atoms with E-state index in [0.29, 0.717) is 23.4 Å². The van der Waals surface area contributed by atoms with Crippen molar-refractivity contribution in [3.05, 3.63) is 35.4 Å². The average Bonchev–Trinajstić information content (AvgIpc) is 2.64. The molecule has 1 N–H and O–H groups in total. The zero-order valence-electron chi connectivity index (χ0n) is 9.73. The van der Waals surface area contributed by atoms with Crippen molar-refractivity contribution < 1.29 is 19.1 Å². The zero-order valence-corrected chi connectivity index (χ0v) is 9.73. The summed E-state index contributed by atoms with van der Waals surface area (Å²) in [5.74, 6) is -1.68. The van der Waals surface area contributed by atoms with Gasteiger partial charge in [-0.15, -0.1) is 0 Å². The Bertz CT molecular complexity index is 560. The number of rotatable bonds is 3. The van der Waals surface area contributed by atoms with Crippen LogP contribution in [0.2, 0.25) is 0 Å². The molecule has 92 valence electrons. The van der Waals surface area contributed by atoms with Crippen LogP contribution in [-0.2, 0) is 14.3 Å². The van der Waals surface area contributed by atoms with E-state index in [4.69, 9.17) is 4.74 Å². The summed E-state index contributed by atoms with van der Waals surface area (Å²) in [6.07, 6.45) is 2.77. The second kappa shape index (κ2) is 4.83. The summed E-state index contributed by atoms with van der Waals surface area (Å²) in [7, 11) is 0. The van der Waals surface area contributed by atoms with Crippen LogP contribution in [0.5, 0.6) is 0 Å². The SMILES string of the molecule is CCOC(=O)C=Cc1cccc2c1NC(=O)C2=O. The molecule has 1 aromatic carbocycles. The summed E-state index contributed by atoms with van der Waals surface area (Å²) < 4.78 is 4.75. The lowest BCUT2D eigenvalue weighted by atomic mass is 10.1. The number of carbonyl (C=O) groups is 3. The van der Waals surface area contributed by atoms with Gasteiger partial charge in [-0.05, 0) is 24.6 Å². The molecule has 0 saturated heterocycles. The molecule has 0 saturated carbocycles. The van der Waals surface area contributed by atoms with Crippen LogP contribution in [0.4, 0.5) is 5.69 Å². The fraction of sp³-hybridized carbons (Fsp3) is 0.154. The van der Waals surface area contributed by atoms with E-state index >= 15 is 0 Å². The van der Waals surface area contributed by atoms with E-state index in [1.165, 1.54) is 12.2 Å². The van der Waals surface area contributed by atoms with Gasteiger partial charge in [0.05, 0.1) is 17.9 Å². The van der Waals surface area contributed by atoms with Crippen LogP contribution >= 0.6 is 0 Å². The highest BCUT2D eigenvalue weighted by molar-refractivity contribution is 6.52. The highest BCUT2D eigenvalue weighted by Gasteiger charge is 2.28. The number of fused-ring (bicyclic) bond motifs is 1. The van der Waals surface area contributed by atoms with Crippen molar-refractivity contribution in [2.75, 3.05) is 11.9 Å². The van der Waals surface area contributed by atoms with Gasteiger partial charge in [0.2, 0.25) is 0 Å². The number of ketones is 1. The highest BCUT2D eigenvalue weighted by Crippen LogP contribution is 2.27. The largest absolute Gasteiger partial charge is 0.463 e. The van der Waals surface area contributed by atoms with Gasteiger partial charge in [0.25, 0.3) is 11.7 Å². The van der Waals surface area contributed by atoms with Gasteiger partial charge in [-0.2, -0.15) is 0 Å². The quantitative estimate of drug-likeness (QED) is 0.496. The molecule has 5 heteroatoms. The maximum Gasteiger partial charge on any atom is 0.330 e. The Labute approximate surface area is 103 Å². The van der Waals surface area contributed by atoms with E-state index in [-0.39, 0.29) is 0 Å². The van der Waals surface area contributed by atoms with E-state index in [1.54, 1.807) is 25.1 Å². The monoisotopic (exact) mass is 245 g/mol. The van der Waals surface area contributed by atoms with Crippen molar-refractivity contribution in [1.29, 1.82) is 0 Å². The number of para-hydroxylation sites is 1.